The number of halogens is 1. The molecule has 0 spiro atoms. The minimum Gasteiger partial charge on any atom is -0.496 e. The Morgan fingerprint density at radius 2 is 1.83 bits per heavy atom. The zero-order valence-electron chi connectivity index (χ0n) is 15.5. The summed E-state index contributed by atoms with van der Waals surface area (Å²) in [6.07, 6.45) is -0.0596. The Hall–Kier alpha value is -3.73. The summed E-state index contributed by atoms with van der Waals surface area (Å²) >= 11 is 3.41. The average Bonchev–Trinajstić information content (AvgIpc) is 2.71. The Labute approximate surface area is 178 Å². The molecule has 1 amide bonds. The summed E-state index contributed by atoms with van der Waals surface area (Å²) in [6, 6.07) is 12.3. The van der Waals surface area contributed by atoms with E-state index in [0.717, 1.165) is 33.4 Å². The van der Waals surface area contributed by atoms with Crippen LogP contribution in [0.15, 0.2) is 53.0 Å². The first-order valence-electron chi connectivity index (χ1n) is 8.53. The lowest BCUT2D eigenvalue weighted by Gasteiger charge is -2.13. The van der Waals surface area contributed by atoms with Crippen molar-refractivity contribution in [2.75, 3.05) is 12.5 Å². The van der Waals surface area contributed by atoms with Gasteiger partial charge in [-0.25, -0.2) is 0 Å². The monoisotopic (exact) mass is 474 g/mol. The molecule has 154 valence electrons. The predicted molar refractivity (Wildman–Crippen MR) is 113 cm³/mol. The highest BCUT2D eigenvalue weighted by Crippen LogP contribution is 2.31. The van der Waals surface area contributed by atoms with Crippen molar-refractivity contribution in [2.24, 2.45) is 0 Å². The number of hydrogen-bond donors (Lipinski definition) is 2. The predicted octanol–water partition coefficient (Wildman–Crippen LogP) is 4.11. The molecule has 0 aliphatic carbocycles. The maximum absolute atomic E-state index is 12.5. The van der Waals surface area contributed by atoms with E-state index in [0.29, 0.717) is 11.3 Å². The Bertz CT molecular complexity index is 1170. The van der Waals surface area contributed by atoms with E-state index in [2.05, 4.69) is 26.8 Å². The fourth-order valence-electron chi connectivity index (χ4n) is 2.95. The third-order valence-electron chi connectivity index (χ3n) is 4.33. The first kappa shape index (κ1) is 21.0. The van der Waals surface area contributed by atoms with E-state index in [1.54, 1.807) is 6.07 Å². The highest BCUT2D eigenvalue weighted by atomic mass is 79.9. The molecule has 0 unspecified atom stereocenters. The van der Waals surface area contributed by atoms with E-state index in [4.69, 9.17) is 4.74 Å². The summed E-state index contributed by atoms with van der Waals surface area (Å²) in [6.45, 7) is 0. The number of ether oxygens (including phenoxy) is 1. The SMILES string of the molecule is COc1ccc2cc(Br)ccc2c1CC(=O)NNc1ccc([N+](=O)[O-])cc1[N+](=O)[O-]. The molecule has 2 N–H and O–H groups in total. The van der Waals surface area contributed by atoms with Crippen LogP contribution in [0.1, 0.15) is 5.56 Å². The summed E-state index contributed by atoms with van der Waals surface area (Å²) in [5.74, 6) is 0.0534. The Morgan fingerprint density at radius 1 is 1.07 bits per heavy atom. The number of carbonyl (C=O) groups excluding carboxylic acids is 1. The number of anilines is 1. The van der Waals surface area contributed by atoms with Gasteiger partial charge in [0.15, 0.2) is 0 Å². The molecule has 0 bridgehead atoms. The van der Waals surface area contributed by atoms with Crippen LogP contribution < -0.4 is 15.6 Å². The molecule has 30 heavy (non-hydrogen) atoms. The molecule has 0 radical (unpaired) electrons. The normalized spacial score (nSPS) is 10.5. The molecule has 0 aliphatic rings. The van der Waals surface area contributed by atoms with Gasteiger partial charge >= 0.3 is 5.69 Å². The number of nitrogens with zero attached hydrogens (tertiary/aromatic N) is 2. The Kier molecular flexibility index (Phi) is 6.11. The molecule has 3 rings (SSSR count). The van der Waals surface area contributed by atoms with Gasteiger partial charge in [0.05, 0.1) is 29.4 Å². The molecule has 3 aromatic rings. The maximum atomic E-state index is 12.5. The van der Waals surface area contributed by atoms with Crippen LogP contribution in [0, 0.1) is 20.2 Å². The van der Waals surface area contributed by atoms with E-state index in [1.165, 1.54) is 7.11 Å². The Morgan fingerprint density at radius 3 is 2.50 bits per heavy atom. The molecule has 0 saturated carbocycles. The van der Waals surface area contributed by atoms with Crippen molar-refractivity contribution in [1.82, 2.24) is 5.43 Å². The lowest BCUT2D eigenvalue weighted by Crippen LogP contribution is -2.31. The van der Waals surface area contributed by atoms with Gasteiger partial charge in [0.25, 0.3) is 5.69 Å². The second-order valence-electron chi connectivity index (χ2n) is 6.18. The molecular formula is C19H15BrN4O6. The molecule has 10 nitrogen and oxygen atoms in total. The number of carbonyl (C=O) groups is 1. The fourth-order valence-corrected chi connectivity index (χ4v) is 3.33. The molecular weight excluding hydrogens is 460 g/mol. The van der Waals surface area contributed by atoms with Gasteiger partial charge in [-0.15, -0.1) is 0 Å². The quantitative estimate of drug-likeness (QED) is 0.388. The van der Waals surface area contributed by atoms with Crippen LogP contribution in [-0.2, 0) is 11.2 Å². The molecule has 0 saturated heterocycles. The molecule has 0 aromatic heterocycles. The standard InChI is InChI=1S/C19H15BrN4O6/c1-30-18-7-2-11-8-12(20)3-5-14(11)15(18)10-19(25)22-21-16-6-4-13(23(26)27)9-17(16)24(28)29/h2-9,21H,10H2,1H3,(H,22,25). The first-order valence-corrected chi connectivity index (χ1v) is 9.32. The van der Waals surface area contributed by atoms with Crippen LogP contribution in [0.4, 0.5) is 17.1 Å². The summed E-state index contributed by atoms with van der Waals surface area (Å²) in [5.41, 5.74) is 4.47. The minimum absolute atomic E-state index is 0.0596. The van der Waals surface area contributed by atoms with Crippen LogP contribution in [0.25, 0.3) is 10.8 Å². The van der Waals surface area contributed by atoms with Gasteiger partial charge in [-0.1, -0.05) is 28.1 Å². The zero-order chi connectivity index (χ0) is 21.8. The number of hydrogen-bond acceptors (Lipinski definition) is 7. The van der Waals surface area contributed by atoms with Crippen molar-refractivity contribution in [1.29, 1.82) is 0 Å². The van der Waals surface area contributed by atoms with E-state index in [9.17, 15) is 25.0 Å². The number of nitro groups is 2. The highest BCUT2D eigenvalue weighted by Gasteiger charge is 2.20. The van der Waals surface area contributed by atoms with Crippen molar-refractivity contribution < 1.29 is 19.4 Å². The highest BCUT2D eigenvalue weighted by molar-refractivity contribution is 9.10. The second kappa shape index (κ2) is 8.74. The van der Waals surface area contributed by atoms with Crippen LogP contribution in [0.2, 0.25) is 0 Å². The van der Waals surface area contributed by atoms with Crippen molar-refractivity contribution >= 4 is 49.7 Å². The number of non-ortho nitro benzene ring substituents is 1. The Balaban J connectivity index is 1.82. The van der Waals surface area contributed by atoms with E-state index in [1.807, 2.05) is 24.3 Å². The van der Waals surface area contributed by atoms with Crippen molar-refractivity contribution in [3.63, 3.8) is 0 Å². The van der Waals surface area contributed by atoms with E-state index < -0.39 is 27.1 Å². The molecule has 11 heteroatoms. The minimum atomic E-state index is -0.771. The average molecular weight is 475 g/mol. The van der Waals surface area contributed by atoms with Crippen molar-refractivity contribution in [2.45, 2.75) is 6.42 Å². The van der Waals surface area contributed by atoms with Gasteiger partial charge in [0.1, 0.15) is 11.4 Å². The molecule has 3 aromatic carbocycles. The van der Waals surface area contributed by atoms with Crippen LogP contribution in [0.5, 0.6) is 5.75 Å². The third-order valence-corrected chi connectivity index (χ3v) is 4.83. The third kappa shape index (κ3) is 4.46. The number of benzene rings is 3. The van der Waals surface area contributed by atoms with Crippen LogP contribution in [0.3, 0.4) is 0 Å². The molecule has 0 atom stereocenters. The van der Waals surface area contributed by atoms with Gasteiger partial charge in [0.2, 0.25) is 5.91 Å². The van der Waals surface area contributed by atoms with Crippen molar-refractivity contribution in [3.8, 4) is 5.75 Å². The lowest BCUT2D eigenvalue weighted by molar-refractivity contribution is -0.393. The summed E-state index contributed by atoms with van der Waals surface area (Å²) in [5, 5.41) is 23.8. The fraction of sp³-hybridized carbons (Fsp3) is 0.105. The number of rotatable bonds is 7. The number of fused-ring (bicyclic) bond motifs is 1. The van der Waals surface area contributed by atoms with Gasteiger partial charge in [0, 0.05) is 16.1 Å². The van der Waals surface area contributed by atoms with Gasteiger partial charge in [-0.05, 0) is 35.0 Å². The first-order chi connectivity index (χ1) is 14.3. The number of nitro benzene ring substituents is 2. The number of hydrazine groups is 1. The van der Waals surface area contributed by atoms with E-state index in [-0.39, 0.29) is 12.1 Å². The molecule has 0 fully saturated rings. The number of nitrogens with one attached hydrogen (secondary N) is 2. The smallest absolute Gasteiger partial charge is 0.300 e. The number of amides is 1. The lowest BCUT2D eigenvalue weighted by atomic mass is 10.0. The largest absolute Gasteiger partial charge is 0.496 e. The van der Waals surface area contributed by atoms with Gasteiger partial charge in [-0.2, -0.15) is 0 Å². The maximum Gasteiger partial charge on any atom is 0.300 e. The van der Waals surface area contributed by atoms with Crippen LogP contribution in [-0.4, -0.2) is 22.9 Å². The molecule has 0 heterocycles. The van der Waals surface area contributed by atoms with Crippen molar-refractivity contribution in [3.05, 3.63) is 78.8 Å². The van der Waals surface area contributed by atoms with Gasteiger partial charge in [-0.3, -0.25) is 35.9 Å². The second-order valence-corrected chi connectivity index (χ2v) is 7.09. The number of methoxy groups -OCH3 is 1. The zero-order valence-corrected chi connectivity index (χ0v) is 17.1. The molecule has 0 aliphatic heterocycles. The van der Waals surface area contributed by atoms with Gasteiger partial charge < -0.3 is 4.74 Å². The summed E-state index contributed by atoms with van der Waals surface area (Å²) in [7, 11) is 1.50. The summed E-state index contributed by atoms with van der Waals surface area (Å²) < 4.78 is 6.26. The van der Waals surface area contributed by atoms with Crippen LogP contribution >= 0.6 is 15.9 Å². The summed E-state index contributed by atoms with van der Waals surface area (Å²) in [4.78, 5) is 33.0. The van der Waals surface area contributed by atoms with E-state index >= 15 is 0 Å². The topological polar surface area (TPSA) is 137 Å².